The van der Waals surface area contributed by atoms with Gasteiger partial charge in [0.05, 0.1) is 7.11 Å². The predicted molar refractivity (Wildman–Crippen MR) is 48.2 cm³/mol. The van der Waals surface area contributed by atoms with Gasteiger partial charge in [0, 0.05) is 13.5 Å². The van der Waals surface area contributed by atoms with Gasteiger partial charge in [-0.3, -0.25) is 9.59 Å². The Hall–Kier alpha value is -1.10. The molecule has 2 N–H and O–H groups in total. The van der Waals surface area contributed by atoms with Crippen molar-refractivity contribution in [3.8, 4) is 0 Å². The largest absolute Gasteiger partial charge is 0.468 e. The second-order valence-corrected chi connectivity index (χ2v) is 2.64. The Morgan fingerprint density at radius 2 is 2.08 bits per heavy atom. The molecule has 0 aliphatic rings. The fourth-order valence-corrected chi connectivity index (χ4v) is 0.915. The minimum Gasteiger partial charge on any atom is -0.468 e. The third kappa shape index (κ3) is 5.19. The Kier molecular flexibility index (Phi) is 5.88. The molecule has 0 saturated carbocycles. The first kappa shape index (κ1) is 11.9. The first-order chi connectivity index (χ1) is 6.11. The molecule has 5 nitrogen and oxygen atoms in total. The smallest absolute Gasteiger partial charge is 0.322 e. The van der Waals surface area contributed by atoms with E-state index in [1.54, 1.807) is 7.05 Å². The highest BCUT2D eigenvalue weighted by Crippen LogP contribution is 1.92. The van der Waals surface area contributed by atoms with Crippen LogP contribution in [0.5, 0.6) is 0 Å². The molecular weight excluding hydrogens is 172 g/mol. The Bertz CT molecular complexity index is 182. The van der Waals surface area contributed by atoms with E-state index in [9.17, 15) is 9.59 Å². The zero-order valence-electron chi connectivity index (χ0n) is 8.22. The summed E-state index contributed by atoms with van der Waals surface area (Å²) in [5.41, 5.74) is 0. The summed E-state index contributed by atoms with van der Waals surface area (Å²) >= 11 is 0. The lowest BCUT2D eigenvalue weighted by Gasteiger charge is -2.13. The van der Waals surface area contributed by atoms with Gasteiger partial charge in [0.25, 0.3) is 0 Å². The van der Waals surface area contributed by atoms with Crippen molar-refractivity contribution in [1.29, 1.82) is 0 Å². The van der Waals surface area contributed by atoms with E-state index in [0.717, 1.165) is 0 Å². The highest BCUT2D eigenvalue weighted by atomic mass is 16.5. The number of carbonyl (C=O) groups is 2. The monoisotopic (exact) mass is 188 g/mol. The molecule has 0 aromatic rings. The van der Waals surface area contributed by atoms with E-state index in [0.29, 0.717) is 13.0 Å². The van der Waals surface area contributed by atoms with Crippen molar-refractivity contribution in [3.63, 3.8) is 0 Å². The number of nitrogens with one attached hydrogen (secondary N) is 2. The number of hydrogen-bond acceptors (Lipinski definition) is 4. The molecule has 76 valence electrons. The highest BCUT2D eigenvalue weighted by molar-refractivity contribution is 5.76. The van der Waals surface area contributed by atoms with Crippen LogP contribution in [0.15, 0.2) is 0 Å². The van der Waals surface area contributed by atoms with E-state index in [1.165, 1.54) is 14.0 Å². The van der Waals surface area contributed by atoms with Crippen LogP contribution < -0.4 is 10.6 Å². The van der Waals surface area contributed by atoms with Crippen molar-refractivity contribution in [3.05, 3.63) is 0 Å². The third-order valence-electron chi connectivity index (χ3n) is 1.64. The third-order valence-corrected chi connectivity index (χ3v) is 1.64. The normalized spacial score (nSPS) is 11.9. The number of ether oxygens (including phenoxy) is 1. The van der Waals surface area contributed by atoms with E-state index in [1.807, 2.05) is 0 Å². The summed E-state index contributed by atoms with van der Waals surface area (Å²) in [6.07, 6.45) is 0.531. The average molecular weight is 188 g/mol. The van der Waals surface area contributed by atoms with Crippen LogP contribution in [0.1, 0.15) is 13.3 Å². The van der Waals surface area contributed by atoms with Crippen molar-refractivity contribution in [2.45, 2.75) is 19.4 Å². The first-order valence-electron chi connectivity index (χ1n) is 4.11. The van der Waals surface area contributed by atoms with Crippen LogP contribution in [0.4, 0.5) is 0 Å². The molecule has 0 aliphatic heterocycles. The van der Waals surface area contributed by atoms with Crippen LogP contribution in [0.3, 0.4) is 0 Å². The van der Waals surface area contributed by atoms with Crippen LogP contribution in [-0.4, -0.2) is 38.6 Å². The maximum absolute atomic E-state index is 11.0. The molecule has 1 atom stereocenters. The van der Waals surface area contributed by atoms with Crippen molar-refractivity contribution in [2.75, 3.05) is 20.7 Å². The van der Waals surface area contributed by atoms with Crippen LogP contribution in [0.25, 0.3) is 0 Å². The zero-order valence-corrected chi connectivity index (χ0v) is 8.22. The predicted octanol–water partition coefficient (Wildman–Crippen LogP) is -0.726. The van der Waals surface area contributed by atoms with Crippen LogP contribution in [0.2, 0.25) is 0 Å². The molecule has 0 heterocycles. The molecule has 1 unspecified atom stereocenters. The number of likely N-dealkylation sites (N-methyl/N-ethyl adjacent to an activating group) is 1. The van der Waals surface area contributed by atoms with Gasteiger partial charge in [-0.25, -0.2) is 0 Å². The van der Waals surface area contributed by atoms with Gasteiger partial charge in [-0.05, 0) is 13.5 Å². The molecule has 1 amide bonds. The van der Waals surface area contributed by atoms with Crippen molar-refractivity contribution in [2.24, 2.45) is 0 Å². The second kappa shape index (κ2) is 6.42. The molecular formula is C8H16N2O3. The van der Waals surface area contributed by atoms with Crippen molar-refractivity contribution >= 4 is 11.9 Å². The fourth-order valence-electron chi connectivity index (χ4n) is 0.915. The SMILES string of the molecule is CNC(CCNC(C)=O)C(=O)OC. The molecule has 5 heteroatoms. The summed E-state index contributed by atoms with van der Waals surface area (Å²) in [7, 11) is 3.01. The summed E-state index contributed by atoms with van der Waals surface area (Å²) in [4.78, 5) is 21.5. The second-order valence-electron chi connectivity index (χ2n) is 2.64. The maximum Gasteiger partial charge on any atom is 0.322 e. The van der Waals surface area contributed by atoms with Gasteiger partial charge in [0.2, 0.25) is 5.91 Å². The Morgan fingerprint density at radius 1 is 1.46 bits per heavy atom. The molecule has 0 fully saturated rings. The number of esters is 1. The van der Waals surface area contributed by atoms with Gasteiger partial charge in [-0.1, -0.05) is 0 Å². The van der Waals surface area contributed by atoms with Crippen LogP contribution in [-0.2, 0) is 14.3 Å². The van der Waals surface area contributed by atoms with E-state index in [-0.39, 0.29) is 17.9 Å². The molecule has 0 radical (unpaired) electrons. The lowest BCUT2D eigenvalue weighted by Crippen LogP contribution is -2.38. The Balaban J connectivity index is 3.72. The molecule has 0 bridgehead atoms. The Morgan fingerprint density at radius 3 is 2.46 bits per heavy atom. The fraction of sp³-hybridized carbons (Fsp3) is 0.750. The molecule has 0 saturated heterocycles. The molecule has 13 heavy (non-hydrogen) atoms. The summed E-state index contributed by atoms with van der Waals surface area (Å²) in [6, 6.07) is -0.350. The van der Waals surface area contributed by atoms with E-state index < -0.39 is 0 Å². The molecule has 0 aromatic carbocycles. The van der Waals surface area contributed by atoms with Gasteiger partial charge >= 0.3 is 5.97 Å². The lowest BCUT2D eigenvalue weighted by molar-refractivity contribution is -0.143. The number of hydrogen-bond donors (Lipinski definition) is 2. The molecule has 0 aliphatic carbocycles. The minimum atomic E-state index is -0.350. The topological polar surface area (TPSA) is 67.4 Å². The summed E-state index contributed by atoms with van der Waals surface area (Å²) in [5, 5.41) is 5.40. The average Bonchev–Trinajstić information content (AvgIpc) is 2.11. The molecule has 0 spiro atoms. The summed E-state index contributed by atoms with van der Waals surface area (Å²) in [6.45, 7) is 1.91. The van der Waals surface area contributed by atoms with Crippen molar-refractivity contribution in [1.82, 2.24) is 10.6 Å². The van der Waals surface area contributed by atoms with E-state index >= 15 is 0 Å². The van der Waals surface area contributed by atoms with Crippen LogP contribution >= 0.6 is 0 Å². The number of carbonyl (C=O) groups excluding carboxylic acids is 2. The number of methoxy groups -OCH3 is 1. The van der Waals surface area contributed by atoms with Gasteiger partial charge in [0.1, 0.15) is 6.04 Å². The summed E-state index contributed by atoms with van der Waals surface area (Å²) in [5.74, 6) is -0.410. The van der Waals surface area contributed by atoms with Gasteiger partial charge in [-0.2, -0.15) is 0 Å². The maximum atomic E-state index is 11.0. The Labute approximate surface area is 77.8 Å². The molecule has 0 rings (SSSR count). The zero-order chi connectivity index (χ0) is 10.3. The van der Waals surface area contributed by atoms with E-state index in [2.05, 4.69) is 15.4 Å². The lowest BCUT2D eigenvalue weighted by atomic mass is 10.2. The van der Waals surface area contributed by atoms with Gasteiger partial charge in [0.15, 0.2) is 0 Å². The number of rotatable bonds is 5. The molecule has 0 aromatic heterocycles. The summed E-state index contributed by atoms with van der Waals surface area (Å²) < 4.78 is 4.55. The standard InChI is InChI=1S/C8H16N2O3/c1-6(11)10-5-4-7(9-2)8(12)13-3/h7,9H,4-5H2,1-3H3,(H,10,11). The van der Waals surface area contributed by atoms with Gasteiger partial charge < -0.3 is 15.4 Å². The van der Waals surface area contributed by atoms with E-state index in [4.69, 9.17) is 0 Å². The van der Waals surface area contributed by atoms with Gasteiger partial charge in [-0.15, -0.1) is 0 Å². The first-order valence-corrected chi connectivity index (χ1v) is 4.11. The minimum absolute atomic E-state index is 0.0975. The highest BCUT2D eigenvalue weighted by Gasteiger charge is 2.15. The van der Waals surface area contributed by atoms with Crippen LogP contribution in [0, 0.1) is 0 Å². The number of amides is 1. The van der Waals surface area contributed by atoms with Crippen molar-refractivity contribution < 1.29 is 14.3 Å². The quantitative estimate of drug-likeness (QED) is 0.558.